The Balaban J connectivity index is 1.53. The van der Waals surface area contributed by atoms with Crippen LogP contribution in [-0.4, -0.2) is 19.9 Å². The maximum atomic E-state index is 12.9. The number of nitrogens with zero attached hydrogens (tertiary/aromatic N) is 1. The summed E-state index contributed by atoms with van der Waals surface area (Å²) in [6, 6.07) is 16.9. The van der Waals surface area contributed by atoms with Crippen molar-refractivity contribution in [2.45, 2.75) is 13.5 Å². The molecule has 0 radical (unpaired) electrons. The van der Waals surface area contributed by atoms with Gasteiger partial charge in [-0.3, -0.25) is 4.79 Å². The number of ether oxygens (including phenoxy) is 2. The molecule has 158 valence electrons. The SMILES string of the molecule is Cc1cc(OCc2ccc(Cl)c(Cl)c2)cc2c1C(=O)/C(=C/c1ccc(N(C)C)cc1)O2. The Morgan fingerprint density at radius 2 is 1.74 bits per heavy atom. The lowest BCUT2D eigenvalue weighted by atomic mass is 10.0. The fraction of sp³-hybridized carbons (Fsp3) is 0.160. The Hall–Kier alpha value is -2.95. The van der Waals surface area contributed by atoms with Crippen LogP contribution < -0.4 is 14.4 Å². The van der Waals surface area contributed by atoms with Gasteiger partial charge in [0.25, 0.3) is 0 Å². The minimum absolute atomic E-state index is 0.125. The van der Waals surface area contributed by atoms with Crippen LogP contribution in [0.1, 0.15) is 27.0 Å². The molecule has 3 aromatic carbocycles. The van der Waals surface area contributed by atoms with Crippen LogP contribution in [0.15, 0.2) is 60.4 Å². The second-order valence-electron chi connectivity index (χ2n) is 7.58. The molecule has 1 aliphatic heterocycles. The van der Waals surface area contributed by atoms with Crippen LogP contribution >= 0.6 is 23.2 Å². The van der Waals surface area contributed by atoms with Crippen LogP contribution in [0.2, 0.25) is 10.0 Å². The number of carbonyl (C=O) groups is 1. The number of hydrogen-bond donors (Lipinski definition) is 0. The molecule has 0 bridgehead atoms. The van der Waals surface area contributed by atoms with Gasteiger partial charge in [0.1, 0.15) is 18.1 Å². The first-order chi connectivity index (χ1) is 14.8. The summed E-state index contributed by atoms with van der Waals surface area (Å²) in [6.07, 6.45) is 1.76. The molecule has 0 fully saturated rings. The van der Waals surface area contributed by atoms with Crippen molar-refractivity contribution in [3.63, 3.8) is 0 Å². The van der Waals surface area contributed by atoms with E-state index in [9.17, 15) is 4.79 Å². The molecule has 0 unspecified atom stereocenters. The second-order valence-corrected chi connectivity index (χ2v) is 8.39. The molecular formula is C25H21Cl2NO3. The number of allylic oxidation sites excluding steroid dienone is 1. The van der Waals surface area contributed by atoms with E-state index in [0.29, 0.717) is 39.5 Å². The van der Waals surface area contributed by atoms with Gasteiger partial charge in [-0.2, -0.15) is 0 Å². The highest BCUT2D eigenvalue weighted by atomic mass is 35.5. The van der Waals surface area contributed by atoms with Gasteiger partial charge in [-0.1, -0.05) is 41.4 Å². The summed E-state index contributed by atoms with van der Waals surface area (Å²) < 4.78 is 11.8. The number of benzene rings is 3. The number of fused-ring (bicyclic) bond motifs is 1. The van der Waals surface area contributed by atoms with Gasteiger partial charge in [0.15, 0.2) is 5.76 Å². The van der Waals surface area contributed by atoms with E-state index in [2.05, 4.69) is 0 Å². The van der Waals surface area contributed by atoms with Gasteiger partial charge in [0.2, 0.25) is 5.78 Å². The molecule has 3 aromatic rings. The molecule has 31 heavy (non-hydrogen) atoms. The van der Waals surface area contributed by atoms with E-state index in [-0.39, 0.29) is 5.78 Å². The van der Waals surface area contributed by atoms with Gasteiger partial charge in [-0.15, -0.1) is 0 Å². The monoisotopic (exact) mass is 453 g/mol. The fourth-order valence-corrected chi connectivity index (χ4v) is 3.70. The average Bonchev–Trinajstić information content (AvgIpc) is 3.05. The van der Waals surface area contributed by atoms with Gasteiger partial charge >= 0.3 is 0 Å². The Labute approximate surface area is 191 Å². The molecule has 0 saturated heterocycles. The third-order valence-corrected chi connectivity index (χ3v) is 5.78. The van der Waals surface area contributed by atoms with Crippen molar-refractivity contribution in [2.24, 2.45) is 0 Å². The highest BCUT2D eigenvalue weighted by Crippen LogP contribution is 2.38. The quantitative estimate of drug-likeness (QED) is 0.409. The second kappa shape index (κ2) is 8.66. The maximum Gasteiger partial charge on any atom is 0.232 e. The first-order valence-corrected chi connectivity index (χ1v) is 10.5. The maximum absolute atomic E-state index is 12.9. The third-order valence-electron chi connectivity index (χ3n) is 5.04. The zero-order valence-corrected chi connectivity index (χ0v) is 18.9. The minimum Gasteiger partial charge on any atom is -0.489 e. The molecular weight excluding hydrogens is 433 g/mol. The van der Waals surface area contributed by atoms with E-state index < -0.39 is 0 Å². The van der Waals surface area contributed by atoms with Crippen molar-refractivity contribution < 1.29 is 14.3 Å². The van der Waals surface area contributed by atoms with Gasteiger partial charge in [-0.25, -0.2) is 0 Å². The number of ketones is 1. The van der Waals surface area contributed by atoms with Crippen molar-refractivity contribution in [1.29, 1.82) is 0 Å². The average molecular weight is 454 g/mol. The number of hydrogen-bond acceptors (Lipinski definition) is 4. The lowest BCUT2D eigenvalue weighted by Crippen LogP contribution is -2.08. The molecule has 0 aliphatic carbocycles. The lowest BCUT2D eigenvalue weighted by molar-refractivity contribution is 0.101. The molecule has 0 saturated carbocycles. The van der Waals surface area contributed by atoms with Gasteiger partial charge in [0, 0.05) is 25.8 Å². The smallest absolute Gasteiger partial charge is 0.232 e. The highest BCUT2D eigenvalue weighted by Gasteiger charge is 2.30. The standard InChI is InChI=1S/C25H21Cl2NO3/c1-15-10-19(30-14-17-6-9-20(26)21(27)11-17)13-22-24(15)25(29)23(31-22)12-16-4-7-18(8-5-16)28(2)3/h4-13H,14H2,1-3H3/b23-12-. The Kier molecular flexibility index (Phi) is 5.94. The number of aryl methyl sites for hydroxylation is 1. The number of rotatable bonds is 5. The Bertz CT molecular complexity index is 1180. The molecule has 0 amide bonds. The largest absolute Gasteiger partial charge is 0.489 e. The van der Waals surface area contributed by atoms with Crippen molar-refractivity contribution in [2.75, 3.05) is 19.0 Å². The van der Waals surface area contributed by atoms with Crippen LogP contribution in [-0.2, 0) is 6.61 Å². The summed E-state index contributed by atoms with van der Waals surface area (Å²) in [7, 11) is 3.97. The topological polar surface area (TPSA) is 38.8 Å². The highest BCUT2D eigenvalue weighted by molar-refractivity contribution is 6.42. The molecule has 0 atom stereocenters. The zero-order valence-electron chi connectivity index (χ0n) is 17.4. The summed E-state index contributed by atoms with van der Waals surface area (Å²) in [5.74, 6) is 1.30. The lowest BCUT2D eigenvalue weighted by Gasteiger charge is -2.11. The number of Topliss-reactive ketones (excluding diaryl/α,β-unsaturated/α-hetero) is 1. The van der Waals surface area contributed by atoms with Crippen LogP contribution in [0.4, 0.5) is 5.69 Å². The van der Waals surface area contributed by atoms with Crippen molar-refractivity contribution in [3.05, 3.63) is 92.7 Å². The van der Waals surface area contributed by atoms with Crippen molar-refractivity contribution in [1.82, 2.24) is 0 Å². The van der Waals surface area contributed by atoms with Crippen LogP contribution in [0.3, 0.4) is 0 Å². The molecule has 1 aliphatic rings. The van der Waals surface area contributed by atoms with Gasteiger partial charge < -0.3 is 14.4 Å². The van der Waals surface area contributed by atoms with E-state index in [4.69, 9.17) is 32.7 Å². The predicted octanol–water partition coefficient (Wildman–Crippen LogP) is 6.56. The number of halogens is 2. The fourth-order valence-electron chi connectivity index (χ4n) is 3.38. The molecule has 0 spiro atoms. The first-order valence-electron chi connectivity index (χ1n) is 9.75. The first kappa shape index (κ1) is 21.3. The van der Waals surface area contributed by atoms with E-state index in [1.165, 1.54) is 0 Å². The normalized spacial score (nSPS) is 13.8. The minimum atomic E-state index is -0.125. The van der Waals surface area contributed by atoms with Crippen LogP contribution in [0, 0.1) is 6.92 Å². The number of carbonyl (C=O) groups excluding carboxylic acids is 1. The van der Waals surface area contributed by atoms with E-state index >= 15 is 0 Å². The van der Waals surface area contributed by atoms with Crippen LogP contribution in [0.25, 0.3) is 6.08 Å². The Morgan fingerprint density at radius 1 is 1.00 bits per heavy atom. The predicted molar refractivity (Wildman–Crippen MR) is 126 cm³/mol. The summed E-state index contributed by atoms with van der Waals surface area (Å²) in [5, 5.41) is 0.983. The summed E-state index contributed by atoms with van der Waals surface area (Å²) >= 11 is 12.0. The molecule has 6 heteroatoms. The molecule has 4 nitrogen and oxygen atoms in total. The number of anilines is 1. The molecule has 4 rings (SSSR count). The van der Waals surface area contributed by atoms with Gasteiger partial charge in [-0.05, 0) is 60.0 Å². The van der Waals surface area contributed by atoms with E-state index in [0.717, 1.165) is 22.4 Å². The summed E-state index contributed by atoms with van der Waals surface area (Å²) in [4.78, 5) is 14.9. The third kappa shape index (κ3) is 4.55. The molecule has 0 N–H and O–H groups in total. The van der Waals surface area contributed by atoms with Gasteiger partial charge in [0.05, 0.1) is 15.6 Å². The van der Waals surface area contributed by atoms with Crippen molar-refractivity contribution >= 4 is 40.7 Å². The van der Waals surface area contributed by atoms with Crippen molar-refractivity contribution in [3.8, 4) is 11.5 Å². The summed E-state index contributed by atoms with van der Waals surface area (Å²) in [6.45, 7) is 2.20. The molecule has 0 aromatic heterocycles. The summed E-state index contributed by atoms with van der Waals surface area (Å²) in [5.41, 5.74) is 4.25. The van der Waals surface area contributed by atoms with Crippen LogP contribution in [0.5, 0.6) is 11.5 Å². The zero-order chi connectivity index (χ0) is 22.1. The van der Waals surface area contributed by atoms with E-state index in [1.807, 2.05) is 62.3 Å². The van der Waals surface area contributed by atoms with E-state index in [1.54, 1.807) is 24.3 Å². The molecule has 1 heterocycles. The Morgan fingerprint density at radius 3 is 2.42 bits per heavy atom.